The molecule has 90 valence electrons. The van der Waals surface area contributed by atoms with Gasteiger partial charge in [0.1, 0.15) is 10.7 Å². The minimum Gasteiger partial charge on any atom is -0.367 e. The summed E-state index contributed by atoms with van der Waals surface area (Å²) in [6.07, 6.45) is 2.18. The lowest BCUT2D eigenvalue weighted by Gasteiger charge is -2.07. The maximum atomic E-state index is 13.6. The molecule has 1 heterocycles. The number of anilines is 1. The molecule has 0 saturated carbocycles. The molecule has 0 aliphatic carbocycles. The molecule has 0 aliphatic rings. The molecular formula is C10H9FN2O3S. The Morgan fingerprint density at radius 3 is 2.59 bits per heavy atom. The zero-order valence-electron chi connectivity index (χ0n) is 8.84. The summed E-state index contributed by atoms with van der Waals surface area (Å²) in [5.41, 5.74) is 5.89. The number of rotatable bonds is 2. The molecule has 1 aromatic carbocycles. The molecule has 2 N–H and O–H groups in total. The second-order valence-electron chi connectivity index (χ2n) is 3.49. The maximum absolute atomic E-state index is 13.6. The van der Waals surface area contributed by atoms with Crippen molar-refractivity contribution < 1.29 is 17.3 Å². The Balaban J connectivity index is 2.81. The predicted octanol–water partition coefficient (Wildman–Crippen LogP) is 1.47. The van der Waals surface area contributed by atoms with Crippen LogP contribution in [0.25, 0.3) is 11.1 Å². The highest BCUT2D eigenvalue weighted by Crippen LogP contribution is 2.32. The lowest BCUT2D eigenvalue weighted by Crippen LogP contribution is -2.03. The van der Waals surface area contributed by atoms with E-state index in [9.17, 15) is 12.8 Å². The van der Waals surface area contributed by atoms with Crippen molar-refractivity contribution in [3.8, 4) is 11.1 Å². The minimum absolute atomic E-state index is 0.0551. The number of aromatic nitrogens is 1. The first-order chi connectivity index (χ1) is 7.91. The summed E-state index contributed by atoms with van der Waals surface area (Å²) >= 11 is 0. The Hall–Kier alpha value is -1.89. The van der Waals surface area contributed by atoms with E-state index in [1.165, 1.54) is 18.3 Å². The molecule has 0 aliphatic heterocycles. The lowest BCUT2D eigenvalue weighted by molar-refractivity contribution is 0.436. The molecule has 0 fully saturated rings. The van der Waals surface area contributed by atoms with Gasteiger partial charge in [0.05, 0.1) is 11.8 Å². The van der Waals surface area contributed by atoms with Crippen LogP contribution < -0.4 is 5.73 Å². The SMILES string of the molecule is CS(=O)(=O)c1c(F)cccc1-c1cnoc1N. The maximum Gasteiger partial charge on any atom is 0.229 e. The average Bonchev–Trinajstić information content (AvgIpc) is 2.62. The molecule has 17 heavy (non-hydrogen) atoms. The highest BCUT2D eigenvalue weighted by atomic mass is 32.2. The van der Waals surface area contributed by atoms with E-state index in [4.69, 9.17) is 5.73 Å². The number of sulfone groups is 1. The van der Waals surface area contributed by atoms with Gasteiger partial charge >= 0.3 is 0 Å². The van der Waals surface area contributed by atoms with Crippen molar-refractivity contribution in [1.82, 2.24) is 5.16 Å². The number of halogens is 1. The molecule has 2 aromatic rings. The van der Waals surface area contributed by atoms with Crippen molar-refractivity contribution in [2.45, 2.75) is 4.90 Å². The van der Waals surface area contributed by atoms with Crippen LogP contribution in [-0.2, 0) is 9.84 Å². The van der Waals surface area contributed by atoms with Crippen LogP contribution in [0.15, 0.2) is 33.8 Å². The van der Waals surface area contributed by atoms with Crippen LogP contribution in [0.1, 0.15) is 0 Å². The largest absolute Gasteiger partial charge is 0.367 e. The fourth-order valence-corrected chi connectivity index (χ4v) is 2.55. The molecule has 0 unspecified atom stereocenters. The molecule has 1 aromatic heterocycles. The van der Waals surface area contributed by atoms with E-state index in [0.29, 0.717) is 0 Å². The summed E-state index contributed by atoms with van der Waals surface area (Å²) in [6, 6.07) is 3.91. The van der Waals surface area contributed by atoms with Gasteiger partial charge in [-0.2, -0.15) is 0 Å². The molecule has 0 atom stereocenters. The van der Waals surface area contributed by atoms with Crippen molar-refractivity contribution in [1.29, 1.82) is 0 Å². The molecule has 0 spiro atoms. The number of benzene rings is 1. The summed E-state index contributed by atoms with van der Waals surface area (Å²) in [5, 5.41) is 3.43. The third-order valence-corrected chi connectivity index (χ3v) is 3.38. The van der Waals surface area contributed by atoms with Gasteiger partial charge in [0.25, 0.3) is 0 Å². The molecule has 2 rings (SSSR count). The van der Waals surface area contributed by atoms with Gasteiger partial charge < -0.3 is 10.3 Å². The van der Waals surface area contributed by atoms with E-state index in [-0.39, 0.29) is 17.0 Å². The quantitative estimate of drug-likeness (QED) is 0.879. The van der Waals surface area contributed by atoms with Crippen molar-refractivity contribution in [3.05, 3.63) is 30.2 Å². The van der Waals surface area contributed by atoms with Gasteiger partial charge in [-0.3, -0.25) is 0 Å². The Morgan fingerprint density at radius 2 is 2.06 bits per heavy atom. The minimum atomic E-state index is -3.71. The normalized spacial score (nSPS) is 11.6. The van der Waals surface area contributed by atoms with E-state index in [1.54, 1.807) is 0 Å². The van der Waals surface area contributed by atoms with Gasteiger partial charge in [-0.15, -0.1) is 0 Å². The number of nitrogen functional groups attached to an aromatic ring is 1. The van der Waals surface area contributed by atoms with Crippen LogP contribution in [0.2, 0.25) is 0 Å². The van der Waals surface area contributed by atoms with Gasteiger partial charge in [0.15, 0.2) is 9.84 Å². The van der Waals surface area contributed by atoms with Gasteiger partial charge in [0, 0.05) is 11.8 Å². The van der Waals surface area contributed by atoms with Crippen molar-refractivity contribution in [2.24, 2.45) is 0 Å². The first-order valence-electron chi connectivity index (χ1n) is 4.60. The molecule has 0 bridgehead atoms. The lowest BCUT2D eigenvalue weighted by atomic mass is 10.1. The molecule has 0 saturated heterocycles. The molecule has 5 nitrogen and oxygen atoms in total. The van der Waals surface area contributed by atoms with Crippen LogP contribution in [0.3, 0.4) is 0 Å². The number of hydrogen-bond acceptors (Lipinski definition) is 5. The van der Waals surface area contributed by atoms with Gasteiger partial charge in [-0.25, -0.2) is 12.8 Å². The Bertz CT molecular complexity index is 664. The summed E-state index contributed by atoms with van der Waals surface area (Å²) < 4.78 is 41.3. The summed E-state index contributed by atoms with van der Waals surface area (Å²) in [4.78, 5) is -0.407. The summed E-state index contributed by atoms with van der Waals surface area (Å²) in [5.74, 6) is -0.883. The zero-order chi connectivity index (χ0) is 12.6. The second kappa shape index (κ2) is 3.85. The fraction of sp³-hybridized carbons (Fsp3) is 0.100. The molecule has 0 radical (unpaired) electrons. The Morgan fingerprint density at radius 1 is 1.35 bits per heavy atom. The highest BCUT2D eigenvalue weighted by Gasteiger charge is 2.22. The predicted molar refractivity (Wildman–Crippen MR) is 59.4 cm³/mol. The number of nitrogens with zero attached hydrogens (tertiary/aromatic N) is 1. The van der Waals surface area contributed by atoms with Gasteiger partial charge in [-0.05, 0) is 6.07 Å². The molecule has 0 amide bonds. The standard InChI is InChI=1S/C10H9FN2O3S/c1-17(14,15)9-6(3-2-4-8(9)11)7-5-13-16-10(7)12/h2-5H,12H2,1H3. The first-order valence-corrected chi connectivity index (χ1v) is 6.49. The van der Waals surface area contributed by atoms with Gasteiger partial charge in [-0.1, -0.05) is 17.3 Å². The summed E-state index contributed by atoms with van der Waals surface area (Å²) in [7, 11) is -3.71. The summed E-state index contributed by atoms with van der Waals surface area (Å²) in [6.45, 7) is 0. The topological polar surface area (TPSA) is 86.2 Å². The third-order valence-electron chi connectivity index (χ3n) is 2.23. The van der Waals surface area contributed by atoms with Crippen molar-refractivity contribution in [2.75, 3.05) is 12.0 Å². The Labute approximate surface area is 96.9 Å². The highest BCUT2D eigenvalue weighted by molar-refractivity contribution is 7.90. The smallest absolute Gasteiger partial charge is 0.229 e. The van der Waals surface area contributed by atoms with E-state index in [0.717, 1.165) is 12.3 Å². The van der Waals surface area contributed by atoms with E-state index >= 15 is 0 Å². The van der Waals surface area contributed by atoms with E-state index in [2.05, 4.69) is 9.68 Å². The van der Waals surface area contributed by atoms with Crippen molar-refractivity contribution >= 4 is 15.7 Å². The molecular weight excluding hydrogens is 247 g/mol. The monoisotopic (exact) mass is 256 g/mol. The van der Waals surface area contributed by atoms with Gasteiger partial charge in [0.2, 0.25) is 5.88 Å². The van der Waals surface area contributed by atoms with Crippen LogP contribution in [0, 0.1) is 5.82 Å². The average molecular weight is 256 g/mol. The first kappa shape index (κ1) is 11.6. The zero-order valence-corrected chi connectivity index (χ0v) is 9.66. The van der Waals surface area contributed by atoms with Crippen LogP contribution in [0.5, 0.6) is 0 Å². The van der Waals surface area contributed by atoms with Crippen LogP contribution >= 0.6 is 0 Å². The third kappa shape index (κ3) is 2.01. The number of nitrogens with two attached hydrogens (primary N) is 1. The van der Waals surface area contributed by atoms with E-state index < -0.39 is 20.5 Å². The van der Waals surface area contributed by atoms with Crippen LogP contribution in [-0.4, -0.2) is 19.8 Å². The second-order valence-corrected chi connectivity index (χ2v) is 5.44. The Kier molecular flexibility index (Phi) is 2.62. The van der Waals surface area contributed by atoms with Crippen molar-refractivity contribution in [3.63, 3.8) is 0 Å². The van der Waals surface area contributed by atoms with Crippen LogP contribution in [0.4, 0.5) is 10.3 Å². The molecule has 7 heteroatoms. The number of hydrogen-bond donors (Lipinski definition) is 1. The fourth-order valence-electron chi connectivity index (χ4n) is 1.55. The van der Waals surface area contributed by atoms with E-state index in [1.807, 2.05) is 0 Å².